The monoisotopic (exact) mass is 272 g/mol. The Labute approximate surface area is 118 Å². The first-order valence-electron chi connectivity index (χ1n) is 6.89. The molecule has 2 aromatic rings. The van der Waals surface area contributed by atoms with E-state index in [1.54, 1.807) is 11.3 Å². The maximum Gasteiger partial charge on any atom is 0.107 e. The minimum Gasteiger partial charge on any atom is -0.308 e. The predicted molar refractivity (Wildman–Crippen MR) is 81.6 cm³/mol. The van der Waals surface area contributed by atoms with Gasteiger partial charge in [0, 0.05) is 23.5 Å². The minimum atomic E-state index is 0.746. The van der Waals surface area contributed by atoms with E-state index in [-0.39, 0.29) is 0 Å². The zero-order chi connectivity index (χ0) is 13.4. The van der Waals surface area contributed by atoms with Crippen LogP contribution in [0.5, 0.6) is 0 Å². The molecule has 0 radical (unpaired) electrons. The van der Waals surface area contributed by atoms with Crippen molar-refractivity contribution in [2.75, 3.05) is 0 Å². The van der Waals surface area contributed by atoms with Crippen LogP contribution in [-0.4, -0.2) is 11.0 Å². The van der Waals surface area contributed by atoms with Crippen LogP contribution in [-0.2, 0) is 6.54 Å². The summed E-state index contributed by atoms with van der Waals surface area (Å²) in [5.74, 6) is 0. The van der Waals surface area contributed by atoms with Crippen molar-refractivity contribution >= 4 is 11.3 Å². The molecule has 0 unspecified atom stereocenters. The molecule has 1 fully saturated rings. The molecule has 3 heteroatoms. The number of rotatable bonds is 4. The summed E-state index contributed by atoms with van der Waals surface area (Å²) >= 11 is 1.76. The Kier molecular flexibility index (Phi) is 3.42. The number of nitrogens with one attached hydrogen (secondary N) is 1. The van der Waals surface area contributed by atoms with Gasteiger partial charge in [0.2, 0.25) is 0 Å². The Morgan fingerprint density at radius 3 is 2.53 bits per heavy atom. The van der Waals surface area contributed by atoms with Crippen molar-refractivity contribution in [3.63, 3.8) is 0 Å². The van der Waals surface area contributed by atoms with Crippen LogP contribution >= 0.6 is 11.3 Å². The molecule has 19 heavy (non-hydrogen) atoms. The highest BCUT2D eigenvalue weighted by molar-refractivity contribution is 7.09. The molecule has 0 bridgehead atoms. The standard InChI is InChI=1S/C16H20N2S/c1-10-6-11(2)16(12(3)7-10)14-9-19-15(18-14)8-17-13-4-5-13/h6-7,9,13,17H,4-5,8H2,1-3H3. The molecule has 1 saturated carbocycles. The Morgan fingerprint density at radius 2 is 1.89 bits per heavy atom. The molecule has 0 spiro atoms. The lowest BCUT2D eigenvalue weighted by Crippen LogP contribution is -2.14. The smallest absolute Gasteiger partial charge is 0.107 e. The van der Waals surface area contributed by atoms with Gasteiger partial charge in [-0.2, -0.15) is 0 Å². The van der Waals surface area contributed by atoms with Crippen LogP contribution in [0.3, 0.4) is 0 Å². The van der Waals surface area contributed by atoms with E-state index in [0.717, 1.165) is 18.3 Å². The van der Waals surface area contributed by atoms with E-state index < -0.39 is 0 Å². The number of hydrogen-bond donors (Lipinski definition) is 1. The lowest BCUT2D eigenvalue weighted by atomic mass is 9.98. The fourth-order valence-corrected chi connectivity index (χ4v) is 3.35. The number of nitrogens with zero attached hydrogens (tertiary/aromatic N) is 1. The first-order chi connectivity index (χ1) is 9.13. The zero-order valence-electron chi connectivity index (χ0n) is 11.8. The van der Waals surface area contributed by atoms with Crippen molar-refractivity contribution in [3.05, 3.63) is 39.2 Å². The average molecular weight is 272 g/mol. The largest absolute Gasteiger partial charge is 0.308 e. The maximum absolute atomic E-state index is 4.79. The third-order valence-corrected chi connectivity index (χ3v) is 4.45. The van der Waals surface area contributed by atoms with E-state index >= 15 is 0 Å². The van der Waals surface area contributed by atoms with Crippen LogP contribution in [0.25, 0.3) is 11.3 Å². The number of hydrogen-bond acceptors (Lipinski definition) is 3. The second kappa shape index (κ2) is 5.06. The molecule has 1 aromatic carbocycles. The molecular formula is C16H20N2S. The topological polar surface area (TPSA) is 24.9 Å². The molecule has 0 atom stereocenters. The van der Waals surface area contributed by atoms with Gasteiger partial charge in [0.25, 0.3) is 0 Å². The number of aryl methyl sites for hydroxylation is 3. The summed E-state index contributed by atoms with van der Waals surface area (Å²) in [7, 11) is 0. The molecule has 100 valence electrons. The zero-order valence-corrected chi connectivity index (χ0v) is 12.6. The van der Waals surface area contributed by atoms with Crippen molar-refractivity contribution in [1.82, 2.24) is 10.3 Å². The molecule has 0 aliphatic heterocycles. The number of aromatic nitrogens is 1. The lowest BCUT2D eigenvalue weighted by Gasteiger charge is -2.08. The summed E-state index contributed by atoms with van der Waals surface area (Å²) in [5.41, 5.74) is 6.41. The van der Waals surface area contributed by atoms with Gasteiger partial charge < -0.3 is 5.32 Å². The molecule has 0 amide bonds. The Balaban J connectivity index is 1.85. The van der Waals surface area contributed by atoms with Crippen molar-refractivity contribution in [2.45, 2.75) is 46.2 Å². The third-order valence-electron chi connectivity index (χ3n) is 3.60. The van der Waals surface area contributed by atoms with Crippen LogP contribution in [0.4, 0.5) is 0 Å². The van der Waals surface area contributed by atoms with E-state index in [2.05, 4.69) is 43.6 Å². The molecule has 2 nitrogen and oxygen atoms in total. The lowest BCUT2D eigenvalue weighted by molar-refractivity contribution is 0.685. The average Bonchev–Trinajstić information content (AvgIpc) is 3.05. The second-order valence-corrected chi connectivity index (χ2v) is 6.50. The summed E-state index contributed by atoms with van der Waals surface area (Å²) in [5, 5.41) is 6.91. The molecular weight excluding hydrogens is 252 g/mol. The van der Waals surface area contributed by atoms with Gasteiger partial charge in [0.1, 0.15) is 5.01 Å². The van der Waals surface area contributed by atoms with E-state index in [4.69, 9.17) is 4.98 Å². The summed E-state index contributed by atoms with van der Waals surface area (Å²) in [6.07, 6.45) is 2.66. The summed E-state index contributed by atoms with van der Waals surface area (Å²) in [4.78, 5) is 4.79. The van der Waals surface area contributed by atoms with Gasteiger partial charge in [-0.1, -0.05) is 17.7 Å². The fraction of sp³-hybridized carbons (Fsp3) is 0.438. The van der Waals surface area contributed by atoms with Gasteiger partial charge in [-0.3, -0.25) is 0 Å². The van der Waals surface area contributed by atoms with Crippen LogP contribution in [0.2, 0.25) is 0 Å². The summed E-state index contributed by atoms with van der Waals surface area (Å²) < 4.78 is 0. The molecule has 0 saturated heterocycles. The third kappa shape index (κ3) is 2.88. The van der Waals surface area contributed by atoms with Gasteiger partial charge in [0.05, 0.1) is 5.69 Å². The van der Waals surface area contributed by atoms with Gasteiger partial charge in [-0.05, 0) is 44.7 Å². The molecule has 1 heterocycles. The van der Waals surface area contributed by atoms with Gasteiger partial charge >= 0.3 is 0 Å². The van der Waals surface area contributed by atoms with E-state index in [9.17, 15) is 0 Å². The highest BCUT2D eigenvalue weighted by atomic mass is 32.1. The Hall–Kier alpha value is -1.19. The SMILES string of the molecule is Cc1cc(C)c(-c2csc(CNC3CC3)n2)c(C)c1. The summed E-state index contributed by atoms with van der Waals surface area (Å²) in [6.45, 7) is 7.42. The van der Waals surface area contributed by atoms with Crippen LogP contribution in [0, 0.1) is 20.8 Å². The molecule has 1 aromatic heterocycles. The van der Waals surface area contributed by atoms with Crippen LogP contribution < -0.4 is 5.32 Å². The normalized spacial score (nSPS) is 14.9. The number of thiazole rings is 1. The second-order valence-electron chi connectivity index (χ2n) is 5.56. The first-order valence-corrected chi connectivity index (χ1v) is 7.77. The van der Waals surface area contributed by atoms with Gasteiger partial charge in [-0.15, -0.1) is 11.3 Å². The molecule has 1 aliphatic carbocycles. The van der Waals surface area contributed by atoms with E-state index in [1.807, 2.05) is 0 Å². The first kappa shape index (κ1) is 12.8. The van der Waals surface area contributed by atoms with Crippen molar-refractivity contribution in [2.24, 2.45) is 0 Å². The highest BCUT2D eigenvalue weighted by Gasteiger charge is 2.20. The summed E-state index contributed by atoms with van der Waals surface area (Å²) in [6, 6.07) is 5.23. The van der Waals surface area contributed by atoms with Crippen molar-refractivity contribution in [1.29, 1.82) is 0 Å². The van der Waals surface area contributed by atoms with Crippen molar-refractivity contribution < 1.29 is 0 Å². The fourth-order valence-electron chi connectivity index (χ4n) is 2.61. The number of benzene rings is 1. The van der Waals surface area contributed by atoms with Gasteiger partial charge in [-0.25, -0.2) is 4.98 Å². The van der Waals surface area contributed by atoms with Crippen LogP contribution in [0.1, 0.15) is 34.5 Å². The Bertz CT molecular complexity index is 574. The van der Waals surface area contributed by atoms with Gasteiger partial charge in [0.15, 0.2) is 0 Å². The van der Waals surface area contributed by atoms with Crippen molar-refractivity contribution in [3.8, 4) is 11.3 Å². The molecule has 1 N–H and O–H groups in total. The molecule has 1 aliphatic rings. The quantitative estimate of drug-likeness (QED) is 0.910. The highest BCUT2D eigenvalue weighted by Crippen LogP contribution is 2.29. The maximum atomic E-state index is 4.79. The Morgan fingerprint density at radius 1 is 1.21 bits per heavy atom. The minimum absolute atomic E-state index is 0.746. The van der Waals surface area contributed by atoms with E-state index in [1.165, 1.54) is 40.1 Å². The van der Waals surface area contributed by atoms with E-state index in [0.29, 0.717) is 0 Å². The predicted octanol–water partition coefficient (Wildman–Crippen LogP) is 3.99. The van der Waals surface area contributed by atoms with Crippen LogP contribution in [0.15, 0.2) is 17.5 Å². The molecule has 3 rings (SSSR count).